The lowest BCUT2D eigenvalue weighted by atomic mass is 9.57. The summed E-state index contributed by atoms with van der Waals surface area (Å²) in [5.41, 5.74) is 1.50. The van der Waals surface area contributed by atoms with Crippen molar-refractivity contribution in [2.75, 3.05) is 13.2 Å². The standard InChI is InChI=1S/C28H34N2O4S2/c1-5-22-25(35-26(29-22)24(31)18-16-28(17-18)12-14-34-15-13-28)21-10-11-23(20-9-7-6-8-19(20)21)36(32,33)30-27(2,3)4/h6-11,18,30H,5,12-17H2,1-4H3. The van der Waals surface area contributed by atoms with Gasteiger partial charge in [0.15, 0.2) is 10.8 Å². The first-order chi connectivity index (χ1) is 17.0. The summed E-state index contributed by atoms with van der Waals surface area (Å²) in [7, 11) is -3.71. The number of ether oxygens (including phenoxy) is 1. The highest BCUT2D eigenvalue weighted by molar-refractivity contribution is 7.89. The largest absolute Gasteiger partial charge is 0.381 e. The van der Waals surface area contributed by atoms with Gasteiger partial charge in [0.2, 0.25) is 10.0 Å². The molecule has 6 nitrogen and oxygen atoms in total. The first-order valence-corrected chi connectivity index (χ1v) is 15.0. The fourth-order valence-electron chi connectivity index (χ4n) is 5.63. The van der Waals surface area contributed by atoms with Crippen molar-refractivity contribution >= 4 is 37.9 Å². The van der Waals surface area contributed by atoms with Crippen molar-refractivity contribution in [3.8, 4) is 10.4 Å². The van der Waals surface area contributed by atoms with Crippen molar-refractivity contribution in [1.29, 1.82) is 0 Å². The van der Waals surface area contributed by atoms with Crippen LogP contribution in [0.3, 0.4) is 0 Å². The third-order valence-corrected chi connectivity index (χ3v) is 10.3. The van der Waals surface area contributed by atoms with Crippen molar-refractivity contribution in [2.24, 2.45) is 11.3 Å². The highest BCUT2D eigenvalue weighted by Crippen LogP contribution is 2.53. The van der Waals surface area contributed by atoms with Gasteiger partial charge in [-0.3, -0.25) is 4.79 Å². The molecule has 1 saturated heterocycles. The Hall–Kier alpha value is -2.13. The Labute approximate surface area is 217 Å². The third-order valence-electron chi connectivity index (χ3n) is 7.38. The number of carbonyl (C=O) groups is 1. The first-order valence-electron chi connectivity index (χ1n) is 12.7. The number of nitrogens with zero attached hydrogens (tertiary/aromatic N) is 1. The molecule has 0 bridgehead atoms. The Balaban J connectivity index is 1.50. The van der Waals surface area contributed by atoms with E-state index in [2.05, 4.69) is 4.72 Å². The number of fused-ring (bicyclic) bond motifs is 1. The van der Waals surface area contributed by atoms with Gasteiger partial charge in [-0.15, -0.1) is 11.3 Å². The lowest BCUT2D eigenvalue weighted by Crippen LogP contribution is -2.44. The lowest BCUT2D eigenvalue weighted by molar-refractivity contribution is -0.0507. The summed E-state index contributed by atoms with van der Waals surface area (Å²) >= 11 is 1.45. The molecule has 1 N–H and O–H groups in total. The zero-order chi connectivity index (χ0) is 25.7. The van der Waals surface area contributed by atoms with Crippen molar-refractivity contribution in [2.45, 2.75) is 70.2 Å². The Morgan fingerprint density at radius 2 is 1.78 bits per heavy atom. The van der Waals surface area contributed by atoms with E-state index in [0.717, 1.165) is 60.4 Å². The molecule has 0 atom stereocenters. The topological polar surface area (TPSA) is 85.4 Å². The van der Waals surface area contributed by atoms with Crippen LogP contribution in [-0.2, 0) is 21.2 Å². The number of ketones is 1. The molecular weight excluding hydrogens is 492 g/mol. The monoisotopic (exact) mass is 526 g/mol. The number of hydrogen-bond acceptors (Lipinski definition) is 6. The van der Waals surface area contributed by atoms with Gasteiger partial charge in [0, 0.05) is 35.6 Å². The van der Waals surface area contributed by atoms with Crippen LogP contribution >= 0.6 is 11.3 Å². The number of sulfonamides is 1. The van der Waals surface area contributed by atoms with E-state index in [1.165, 1.54) is 11.3 Å². The number of nitrogens with one attached hydrogen (secondary N) is 1. The first kappa shape index (κ1) is 25.5. The van der Waals surface area contributed by atoms with E-state index < -0.39 is 15.6 Å². The highest BCUT2D eigenvalue weighted by atomic mass is 32.2. The predicted octanol–water partition coefficient (Wildman–Crippen LogP) is 5.99. The van der Waals surface area contributed by atoms with Gasteiger partial charge in [0.1, 0.15) is 0 Å². The van der Waals surface area contributed by atoms with Gasteiger partial charge in [-0.2, -0.15) is 0 Å². The summed E-state index contributed by atoms with van der Waals surface area (Å²) in [6.45, 7) is 9.13. The fraction of sp³-hybridized carbons (Fsp3) is 0.500. The summed E-state index contributed by atoms with van der Waals surface area (Å²) in [5, 5.41) is 2.08. The second-order valence-electron chi connectivity index (χ2n) is 11.2. The number of aryl methyl sites for hydroxylation is 1. The van der Waals surface area contributed by atoms with Crippen molar-refractivity contribution in [1.82, 2.24) is 9.71 Å². The molecule has 8 heteroatoms. The van der Waals surface area contributed by atoms with Crippen LogP contribution in [0.1, 0.15) is 68.9 Å². The van der Waals surface area contributed by atoms with E-state index in [4.69, 9.17) is 9.72 Å². The fourth-order valence-corrected chi connectivity index (χ4v) is 8.47. The average molecular weight is 527 g/mol. The second-order valence-corrected chi connectivity index (χ2v) is 13.9. The maximum atomic E-state index is 13.4. The van der Waals surface area contributed by atoms with Gasteiger partial charge in [0.05, 0.1) is 15.5 Å². The number of Topliss-reactive ketones (excluding diaryl/α,β-unsaturated/α-hetero) is 1. The van der Waals surface area contributed by atoms with Gasteiger partial charge >= 0.3 is 0 Å². The minimum absolute atomic E-state index is 0.0412. The summed E-state index contributed by atoms with van der Waals surface area (Å²) < 4.78 is 34.7. The van der Waals surface area contributed by atoms with Crippen molar-refractivity contribution in [3.05, 3.63) is 47.1 Å². The maximum Gasteiger partial charge on any atom is 0.241 e. The number of hydrogen-bond donors (Lipinski definition) is 1. The molecule has 1 aromatic heterocycles. The zero-order valence-electron chi connectivity index (χ0n) is 21.4. The van der Waals surface area contributed by atoms with Crippen LogP contribution in [0.25, 0.3) is 21.2 Å². The summed E-state index contributed by atoms with van der Waals surface area (Å²) in [6.07, 6.45) is 4.66. The number of aromatic nitrogens is 1. The SMILES string of the molecule is CCc1nc(C(=O)C2CC3(CCOCC3)C2)sc1-c1ccc(S(=O)(=O)NC(C)(C)C)c2ccccc12. The molecule has 0 radical (unpaired) electrons. The van der Waals surface area contributed by atoms with E-state index in [-0.39, 0.29) is 22.0 Å². The molecule has 0 amide bonds. The molecule has 0 unspecified atom stereocenters. The summed E-state index contributed by atoms with van der Waals surface area (Å²) in [5.74, 6) is 0.190. The molecule has 1 aliphatic carbocycles. The Morgan fingerprint density at radius 1 is 1.11 bits per heavy atom. The van der Waals surface area contributed by atoms with Crippen molar-refractivity contribution < 1.29 is 17.9 Å². The molecule has 1 spiro atoms. The highest BCUT2D eigenvalue weighted by Gasteiger charge is 2.48. The van der Waals surface area contributed by atoms with Crippen LogP contribution in [0.5, 0.6) is 0 Å². The molecule has 2 heterocycles. The predicted molar refractivity (Wildman–Crippen MR) is 144 cm³/mol. The van der Waals surface area contributed by atoms with Crippen LogP contribution in [0.2, 0.25) is 0 Å². The van der Waals surface area contributed by atoms with E-state index in [1.54, 1.807) is 6.07 Å². The number of benzene rings is 2. The minimum Gasteiger partial charge on any atom is -0.381 e. The van der Waals surface area contributed by atoms with E-state index in [1.807, 2.05) is 58.0 Å². The molecular formula is C28H34N2O4S2. The summed E-state index contributed by atoms with van der Waals surface area (Å²) in [4.78, 5) is 19.4. The van der Waals surface area contributed by atoms with E-state index in [9.17, 15) is 13.2 Å². The molecule has 1 saturated carbocycles. The summed E-state index contributed by atoms with van der Waals surface area (Å²) in [6, 6.07) is 11.1. The van der Waals surface area contributed by atoms with Crippen LogP contribution in [-0.4, -0.2) is 37.9 Å². The van der Waals surface area contributed by atoms with Crippen LogP contribution in [0, 0.1) is 11.3 Å². The average Bonchev–Trinajstić information content (AvgIpc) is 3.24. The van der Waals surface area contributed by atoms with Crippen LogP contribution < -0.4 is 4.72 Å². The molecule has 5 rings (SSSR count). The lowest BCUT2D eigenvalue weighted by Gasteiger charge is -2.49. The maximum absolute atomic E-state index is 13.4. The van der Waals surface area contributed by atoms with Crippen LogP contribution in [0.15, 0.2) is 41.3 Å². The van der Waals surface area contributed by atoms with Gasteiger partial charge in [-0.25, -0.2) is 18.1 Å². The number of carbonyl (C=O) groups excluding carboxylic acids is 1. The molecule has 3 aromatic rings. The van der Waals surface area contributed by atoms with Gasteiger partial charge in [-0.05, 0) is 69.7 Å². The molecule has 2 aliphatic rings. The van der Waals surface area contributed by atoms with Gasteiger partial charge in [-0.1, -0.05) is 37.3 Å². The Bertz CT molecular complexity index is 1410. The number of rotatable bonds is 6. The number of thiazole rings is 1. The molecule has 2 aromatic carbocycles. The second kappa shape index (κ2) is 9.31. The minimum atomic E-state index is -3.71. The third kappa shape index (κ3) is 4.76. The Morgan fingerprint density at radius 3 is 2.42 bits per heavy atom. The Kier molecular flexibility index (Phi) is 6.60. The zero-order valence-corrected chi connectivity index (χ0v) is 23.0. The van der Waals surface area contributed by atoms with E-state index in [0.29, 0.717) is 16.8 Å². The quantitative estimate of drug-likeness (QED) is 0.399. The molecule has 1 aliphatic heterocycles. The molecule has 2 fully saturated rings. The smallest absolute Gasteiger partial charge is 0.241 e. The normalized spacial score (nSPS) is 18.4. The van der Waals surface area contributed by atoms with Crippen LogP contribution in [0.4, 0.5) is 0 Å². The molecule has 192 valence electrons. The molecule has 36 heavy (non-hydrogen) atoms. The van der Waals surface area contributed by atoms with Gasteiger partial charge < -0.3 is 4.74 Å². The van der Waals surface area contributed by atoms with E-state index >= 15 is 0 Å². The van der Waals surface area contributed by atoms with Crippen molar-refractivity contribution in [3.63, 3.8) is 0 Å². The van der Waals surface area contributed by atoms with Gasteiger partial charge in [0.25, 0.3) is 0 Å².